The molecule has 1 aromatic carbocycles. The zero-order valence-electron chi connectivity index (χ0n) is 12.0. The fraction of sp³-hybridized carbons (Fsp3) is 0.562. The van der Waals surface area contributed by atoms with E-state index in [1.165, 1.54) is 19.3 Å². The Morgan fingerprint density at radius 1 is 1.20 bits per heavy atom. The minimum atomic E-state index is -0.0571. The fourth-order valence-electron chi connectivity index (χ4n) is 3.73. The maximum Gasteiger partial charge on any atom is 0.255 e. The highest BCUT2D eigenvalue weighted by atomic mass is 16.5. The predicted octanol–water partition coefficient (Wildman–Crippen LogP) is 2.62. The van der Waals surface area contributed by atoms with Crippen molar-refractivity contribution in [3.63, 3.8) is 0 Å². The summed E-state index contributed by atoms with van der Waals surface area (Å²) < 4.78 is 10.6. The number of hydrogen-bond acceptors (Lipinski definition) is 3. The van der Waals surface area contributed by atoms with Crippen molar-refractivity contribution in [1.82, 2.24) is 5.32 Å². The standard InChI is InChI=1S/C16H21NO3/c1-19-14-5-3-4-12(15(14)20-2)16(18)17-13-9-10-6-7-11(13)8-10/h3-5,10-11,13H,6-9H2,1-2H3,(H,17,18). The van der Waals surface area contributed by atoms with Gasteiger partial charge in [-0.2, -0.15) is 0 Å². The van der Waals surface area contributed by atoms with Crippen molar-refractivity contribution in [3.05, 3.63) is 23.8 Å². The van der Waals surface area contributed by atoms with Gasteiger partial charge in [0.25, 0.3) is 5.91 Å². The highest BCUT2D eigenvalue weighted by Crippen LogP contribution is 2.44. The zero-order chi connectivity index (χ0) is 14.1. The molecule has 0 heterocycles. The van der Waals surface area contributed by atoms with E-state index in [-0.39, 0.29) is 5.91 Å². The lowest BCUT2D eigenvalue weighted by atomic mass is 9.95. The van der Waals surface area contributed by atoms with Crippen LogP contribution in [-0.2, 0) is 0 Å². The molecule has 1 aromatic rings. The van der Waals surface area contributed by atoms with E-state index >= 15 is 0 Å². The average Bonchev–Trinajstić information content (AvgIpc) is 3.08. The van der Waals surface area contributed by atoms with Crippen molar-refractivity contribution in [1.29, 1.82) is 0 Å². The highest BCUT2D eigenvalue weighted by molar-refractivity contribution is 5.98. The van der Waals surface area contributed by atoms with Crippen molar-refractivity contribution in [3.8, 4) is 11.5 Å². The number of rotatable bonds is 4. The van der Waals surface area contributed by atoms with Crippen molar-refractivity contribution < 1.29 is 14.3 Å². The lowest BCUT2D eigenvalue weighted by Crippen LogP contribution is -2.38. The molecule has 2 aliphatic carbocycles. The minimum absolute atomic E-state index is 0.0571. The van der Waals surface area contributed by atoms with Gasteiger partial charge < -0.3 is 14.8 Å². The summed E-state index contributed by atoms with van der Waals surface area (Å²) in [5, 5.41) is 3.18. The van der Waals surface area contributed by atoms with Crippen LogP contribution in [0.1, 0.15) is 36.0 Å². The molecule has 2 aliphatic rings. The Balaban J connectivity index is 1.77. The van der Waals surface area contributed by atoms with Gasteiger partial charge in [0.2, 0.25) is 0 Å². The SMILES string of the molecule is COc1cccc(C(=O)NC2CC3CCC2C3)c1OC. The third-order valence-electron chi connectivity index (χ3n) is 4.70. The van der Waals surface area contributed by atoms with Gasteiger partial charge in [0, 0.05) is 6.04 Å². The molecule has 4 heteroatoms. The van der Waals surface area contributed by atoms with Crippen LogP contribution in [0, 0.1) is 11.8 Å². The molecule has 0 radical (unpaired) electrons. The maximum absolute atomic E-state index is 12.5. The Hall–Kier alpha value is -1.71. The summed E-state index contributed by atoms with van der Waals surface area (Å²) in [6.07, 6.45) is 4.99. The third-order valence-corrected chi connectivity index (χ3v) is 4.70. The predicted molar refractivity (Wildman–Crippen MR) is 76.2 cm³/mol. The first-order valence-electron chi connectivity index (χ1n) is 7.24. The smallest absolute Gasteiger partial charge is 0.255 e. The largest absolute Gasteiger partial charge is 0.493 e. The molecule has 0 saturated heterocycles. The van der Waals surface area contributed by atoms with Crippen molar-refractivity contribution in [2.75, 3.05) is 14.2 Å². The fourth-order valence-corrected chi connectivity index (χ4v) is 3.73. The second-order valence-corrected chi connectivity index (χ2v) is 5.80. The summed E-state index contributed by atoms with van der Waals surface area (Å²) in [6.45, 7) is 0. The quantitative estimate of drug-likeness (QED) is 0.919. The molecule has 0 spiro atoms. The van der Waals surface area contributed by atoms with Crippen molar-refractivity contribution >= 4 is 5.91 Å². The van der Waals surface area contributed by atoms with E-state index in [4.69, 9.17) is 9.47 Å². The van der Waals surface area contributed by atoms with E-state index in [1.807, 2.05) is 6.07 Å². The normalized spacial score (nSPS) is 27.4. The lowest BCUT2D eigenvalue weighted by Gasteiger charge is -2.23. The van der Waals surface area contributed by atoms with Crippen LogP contribution in [0.15, 0.2) is 18.2 Å². The molecule has 0 aliphatic heterocycles. The molecule has 2 fully saturated rings. The summed E-state index contributed by atoms with van der Waals surface area (Å²) in [5.41, 5.74) is 0.551. The van der Waals surface area contributed by atoms with Crippen LogP contribution >= 0.6 is 0 Å². The molecular weight excluding hydrogens is 254 g/mol. The summed E-state index contributed by atoms with van der Waals surface area (Å²) in [5.74, 6) is 2.53. The van der Waals surface area contributed by atoms with E-state index in [0.717, 1.165) is 12.3 Å². The molecule has 1 amide bonds. The Labute approximate surface area is 119 Å². The molecule has 108 valence electrons. The second-order valence-electron chi connectivity index (χ2n) is 5.80. The van der Waals surface area contributed by atoms with Gasteiger partial charge >= 0.3 is 0 Å². The van der Waals surface area contributed by atoms with Gasteiger partial charge in [-0.25, -0.2) is 0 Å². The van der Waals surface area contributed by atoms with E-state index in [0.29, 0.717) is 29.0 Å². The Morgan fingerprint density at radius 3 is 2.65 bits per heavy atom. The summed E-state index contributed by atoms with van der Waals surface area (Å²) in [4.78, 5) is 12.5. The van der Waals surface area contributed by atoms with Gasteiger partial charge in [0.05, 0.1) is 19.8 Å². The van der Waals surface area contributed by atoms with Crippen LogP contribution in [0.25, 0.3) is 0 Å². The molecule has 3 unspecified atom stereocenters. The van der Waals surface area contributed by atoms with Crippen LogP contribution in [-0.4, -0.2) is 26.2 Å². The number of nitrogens with one attached hydrogen (secondary N) is 1. The van der Waals surface area contributed by atoms with Crippen LogP contribution in [0.5, 0.6) is 11.5 Å². The first kappa shape index (κ1) is 13.3. The molecule has 2 bridgehead atoms. The summed E-state index contributed by atoms with van der Waals surface area (Å²) in [7, 11) is 3.14. The van der Waals surface area contributed by atoms with Gasteiger partial charge in [-0.3, -0.25) is 4.79 Å². The van der Waals surface area contributed by atoms with E-state index in [1.54, 1.807) is 26.4 Å². The average molecular weight is 275 g/mol. The number of carbonyl (C=O) groups excluding carboxylic acids is 1. The topological polar surface area (TPSA) is 47.6 Å². The number of carbonyl (C=O) groups is 1. The lowest BCUT2D eigenvalue weighted by molar-refractivity contribution is 0.0919. The van der Waals surface area contributed by atoms with E-state index < -0.39 is 0 Å². The van der Waals surface area contributed by atoms with Crippen molar-refractivity contribution in [2.24, 2.45) is 11.8 Å². The zero-order valence-corrected chi connectivity index (χ0v) is 12.0. The number of fused-ring (bicyclic) bond motifs is 2. The molecule has 0 aromatic heterocycles. The molecule has 3 atom stereocenters. The maximum atomic E-state index is 12.5. The van der Waals surface area contributed by atoms with Crippen molar-refractivity contribution in [2.45, 2.75) is 31.7 Å². The molecule has 3 rings (SSSR count). The number of ether oxygens (including phenoxy) is 2. The first-order chi connectivity index (χ1) is 9.72. The number of hydrogen-bond donors (Lipinski definition) is 1. The van der Waals surface area contributed by atoms with Gasteiger partial charge in [0.15, 0.2) is 11.5 Å². The summed E-state index contributed by atoms with van der Waals surface area (Å²) in [6, 6.07) is 5.73. The van der Waals surface area contributed by atoms with E-state index in [2.05, 4.69) is 5.32 Å². The number of amides is 1. The van der Waals surface area contributed by atoms with Crippen LogP contribution in [0.2, 0.25) is 0 Å². The molecule has 1 N–H and O–H groups in total. The third kappa shape index (κ3) is 2.23. The molecule has 20 heavy (non-hydrogen) atoms. The Kier molecular flexibility index (Phi) is 3.55. The monoisotopic (exact) mass is 275 g/mol. The molecular formula is C16H21NO3. The minimum Gasteiger partial charge on any atom is -0.493 e. The second kappa shape index (κ2) is 5.35. The molecule has 4 nitrogen and oxygen atoms in total. The Bertz CT molecular complexity index is 514. The van der Waals surface area contributed by atoms with Gasteiger partial charge in [-0.05, 0) is 43.2 Å². The van der Waals surface area contributed by atoms with Crippen LogP contribution in [0.3, 0.4) is 0 Å². The van der Waals surface area contributed by atoms with Gasteiger partial charge in [0.1, 0.15) is 0 Å². The summed E-state index contributed by atoms with van der Waals surface area (Å²) >= 11 is 0. The van der Waals surface area contributed by atoms with Gasteiger partial charge in [-0.1, -0.05) is 12.5 Å². The van der Waals surface area contributed by atoms with Gasteiger partial charge in [-0.15, -0.1) is 0 Å². The Morgan fingerprint density at radius 2 is 2.05 bits per heavy atom. The van der Waals surface area contributed by atoms with E-state index in [9.17, 15) is 4.79 Å². The molecule has 2 saturated carbocycles. The first-order valence-corrected chi connectivity index (χ1v) is 7.24. The number of benzene rings is 1. The number of para-hydroxylation sites is 1. The highest BCUT2D eigenvalue weighted by Gasteiger charge is 2.40. The van der Waals surface area contributed by atoms with Crippen LogP contribution < -0.4 is 14.8 Å². The number of methoxy groups -OCH3 is 2. The van der Waals surface area contributed by atoms with Crippen LogP contribution in [0.4, 0.5) is 0 Å².